The van der Waals surface area contributed by atoms with E-state index in [2.05, 4.69) is 5.43 Å². The van der Waals surface area contributed by atoms with Crippen LogP contribution in [0.2, 0.25) is 0 Å². The van der Waals surface area contributed by atoms with Crippen molar-refractivity contribution in [3.63, 3.8) is 0 Å². The highest BCUT2D eigenvalue weighted by Crippen LogP contribution is 2.55. The van der Waals surface area contributed by atoms with Gasteiger partial charge in [0.05, 0.1) is 5.54 Å². The molecule has 14 heavy (non-hydrogen) atoms. The zero-order chi connectivity index (χ0) is 9.76. The van der Waals surface area contributed by atoms with E-state index in [1.807, 2.05) is 0 Å². The van der Waals surface area contributed by atoms with Gasteiger partial charge < -0.3 is 0 Å². The molecule has 0 amide bonds. The Bertz CT molecular complexity index is 242. The Hall–Kier alpha value is -0.800. The maximum atomic E-state index is 10.6. The average Bonchev–Trinajstić information content (AvgIpc) is 1.96. The van der Waals surface area contributed by atoms with Gasteiger partial charge in [-0.3, -0.25) is 0 Å². The van der Waals surface area contributed by atoms with Crippen molar-refractivity contribution in [1.29, 1.82) is 0 Å². The smallest absolute Gasteiger partial charge is 0.158 e. The lowest BCUT2D eigenvalue weighted by Gasteiger charge is -2.54. The molecule has 4 heteroatoms. The molecule has 0 atom stereocenters. The molecule has 78 valence electrons. The number of nitrogens with one attached hydrogen (secondary N) is 1. The van der Waals surface area contributed by atoms with Crippen LogP contribution in [-0.4, -0.2) is 10.6 Å². The predicted octanol–water partition coefficient (Wildman–Crippen LogP) is 1.74. The van der Waals surface area contributed by atoms with Crippen molar-refractivity contribution in [3.05, 3.63) is 10.1 Å². The maximum Gasteiger partial charge on any atom is 0.158 e. The van der Waals surface area contributed by atoms with Crippen LogP contribution in [0.4, 0.5) is 0 Å². The van der Waals surface area contributed by atoms with Crippen LogP contribution in [0.15, 0.2) is 0 Å². The average molecular weight is 196 g/mol. The zero-order valence-corrected chi connectivity index (χ0v) is 8.24. The Kier molecular flexibility index (Phi) is 1.59. The second kappa shape index (κ2) is 2.61. The van der Waals surface area contributed by atoms with Crippen LogP contribution < -0.4 is 5.43 Å². The number of nitro groups is 1. The molecular weight excluding hydrogens is 180 g/mol. The van der Waals surface area contributed by atoms with Crippen LogP contribution >= 0.6 is 0 Å². The largest absolute Gasteiger partial charge is 0.235 e. The molecule has 0 spiro atoms. The summed E-state index contributed by atoms with van der Waals surface area (Å²) >= 11 is 0. The first-order chi connectivity index (χ1) is 6.65. The molecule has 4 saturated carbocycles. The molecule has 0 heterocycles. The second-order valence-electron chi connectivity index (χ2n) is 5.57. The summed E-state index contributed by atoms with van der Waals surface area (Å²) in [6.07, 6.45) is 7.12. The Morgan fingerprint density at radius 3 is 1.86 bits per heavy atom. The van der Waals surface area contributed by atoms with Crippen LogP contribution in [0.25, 0.3) is 0 Å². The van der Waals surface area contributed by atoms with E-state index in [0.717, 1.165) is 37.0 Å². The molecule has 4 nitrogen and oxygen atoms in total. The van der Waals surface area contributed by atoms with E-state index in [1.165, 1.54) is 19.3 Å². The summed E-state index contributed by atoms with van der Waals surface area (Å²) in [5, 5.41) is 10.3. The SMILES string of the molecule is O=[N+]([O-])NC12CC3CC(CC(C3)C1)C2. The summed E-state index contributed by atoms with van der Waals surface area (Å²) in [5.41, 5.74) is 2.48. The molecule has 1 N–H and O–H groups in total. The minimum Gasteiger partial charge on any atom is -0.235 e. The van der Waals surface area contributed by atoms with Gasteiger partial charge in [0.1, 0.15) is 0 Å². The highest BCUT2D eigenvalue weighted by molar-refractivity contribution is 5.04. The molecule has 4 fully saturated rings. The van der Waals surface area contributed by atoms with E-state index >= 15 is 0 Å². The zero-order valence-electron chi connectivity index (χ0n) is 8.24. The normalized spacial score (nSPS) is 49.3. The number of hydrogen-bond donors (Lipinski definition) is 1. The third-order valence-corrected chi connectivity index (χ3v) is 4.37. The summed E-state index contributed by atoms with van der Waals surface area (Å²) in [5.74, 6) is 2.32. The lowest BCUT2D eigenvalue weighted by atomic mass is 9.53. The molecule has 0 aromatic heterocycles. The van der Waals surface area contributed by atoms with Crippen molar-refractivity contribution in [2.75, 3.05) is 0 Å². The van der Waals surface area contributed by atoms with Gasteiger partial charge in [-0.25, -0.2) is 10.1 Å². The highest BCUT2D eigenvalue weighted by atomic mass is 16.7. The fraction of sp³-hybridized carbons (Fsp3) is 1.00. The van der Waals surface area contributed by atoms with Crippen molar-refractivity contribution < 1.29 is 5.03 Å². The monoisotopic (exact) mass is 196 g/mol. The van der Waals surface area contributed by atoms with E-state index in [9.17, 15) is 10.1 Å². The fourth-order valence-corrected chi connectivity index (χ4v) is 4.44. The molecule has 0 aliphatic heterocycles. The lowest BCUT2D eigenvalue weighted by molar-refractivity contribution is -0.564. The number of rotatable bonds is 2. The van der Waals surface area contributed by atoms with Crippen molar-refractivity contribution in [3.8, 4) is 0 Å². The Morgan fingerprint density at radius 2 is 1.50 bits per heavy atom. The molecular formula is C10H16N2O2. The first-order valence-electron chi connectivity index (χ1n) is 5.57. The maximum absolute atomic E-state index is 10.6. The molecule has 4 aliphatic rings. The summed E-state index contributed by atoms with van der Waals surface area (Å²) in [7, 11) is 0. The molecule has 0 aromatic carbocycles. The van der Waals surface area contributed by atoms with Gasteiger partial charge >= 0.3 is 0 Å². The van der Waals surface area contributed by atoms with Crippen LogP contribution in [0.3, 0.4) is 0 Å². The topological polar surface area (TPSA) is 55.2 Å². The van der Waals surface area contributed by atoms with Crippen LogP contribution in [0.5, 0.6) is 0 Å². The van der Waals surface area contributed by atoms with Crippen molar-refractivity contribution in [2.24, 2.45) is 17.8 Å². The first-order valence-corrected chi connectivity index (χ1v) is 5.57. The number of nitrogens with zero attached hydrogens (tertiary/aromatic N) is 1. The third kappa shape index (κ3) is 1.20. The third-order valence-electron chi connectivity index (χ3n) is 4.37. The summed E-state index contributed by atoms with van der Waals surface area (Å²) in [6, 6.07) is 0. The van der Waals surface area contributed by atoms with Gasteiger partial charge in [-0.05, 0) is 56.3 Å². The van der Waals surface area contributed by atoms with Crippen LogP contribution in [0, 0.1) is 27.9 Å². The minimum absolute atomic E-state index is 0.127. The Balaban J connectivity index is 1.83. The molecule has 4 rings (SSSR count). The first kappa shape index (κ1) is 8.50. The minimum atomic E-state index is -0.326. The van der Waals surface area contributed by atoms with Gasteiger partial charge in [0.15, 0.2) is 5.03 Å². The van der Waals surface area contributed by atoms with Crippen molar-refractivity contribution in [1.82, 2.24) is 5.43 Å². The van der Waals surface area contributed by atoms with Gasteiger partial charge in [0, 0.05) is 0 Å². The summed E-state index contributed by atoms with van der Waals surface area (Å²) in [4.78, 5) is 10.6. The Labute approximate surface area is 83.2 Å². The Morgan fingerprint density at radius 1 is 1.07 bits per heavy atom. The van der Waals surface area contributed by atoms with Crippen molar-refractivity contribution in [2.45, 2.75) is 44.1 Å². The molecule has 4 bridgehead atoms. The standard InChI is InChI=1S/C10H16N2O2/c13-12(14)11-10-4-7-1-8(5-10)3-9(2-7)6-10/h7-9,11H,1-6H2. The van der Waals surface area contributed by atoms with E-state index in [1.54, 1.807) is 0 Å². The molecule has 0 unspecified atom stereocenters. The van der Waals surface area contributed by atoms with E-state index in [4.69, 9.17) is 0 Å². The van der Waals surface area contributed by atoms with Crippen LogP contribution in [-0.2, 0) is 0 Å². The van der Waals surface area contributed by atoms with Gasteiger partial charge in [-0.1, -0.05) is 0 Å². The quantitative estimate of drug-likeness (QED) is 0.540. The molecule has 0 radical (unpaired) electrons. The van der Waals surface area contributed by atoms with Gasteiger partial charge in [-0.2, -0.15) is 0 Å². The van der Waals surface area contributed by atoms with E-state index < -0.39 is 0 Å². The molecule has 0 aromatic rings. The number of hydrogen-bond acceptors (Lipinski definition) is 2. The van der Waals surface area contributed by atoms with Gasteiger partial charge in [0.25, 0.3) is 0 Å². The fourth-order valence-electron chi connectivity index (χ4n) is 4.44. The summed E-state index contributed by atoms with van der Waals surface area (Å²) < 4.78 is 0. The molecule has 0 saturated heterocycles. The predicted molar refractivity (Wildman–Crippen MR) is 51.0 cm³/mol. The van der Waals surface area contributed by atoms with E-state index in [0.29, 0.717) is 0 Å². The van der Waals surface area contributed by atoms with Gasteiger partial charge in [-0.15, -0.1) is 5.43 Å². The summed E-state index contributed by atoms with van der Waals surface area (Å²) in [6.45, 7) is 0. The van der Waals surface area contributed by atoms with E-state index in [-0.39, 0.29) is 10.6 Å². The lowest BCUT2D eigenvalue weighted by Crippen LogP contribution is -2.59. The van der Waals surface area contributed by atoms with Crippen molar-refractivity contribution >= 4 is 0 Å². The van der Waals surface area contributed by atoms with Crippen LogP contribution in [0.1, 0.15) is 38.5 Å². The highest BCUT2D eigenvalue weighted by Gasteiger charge is 2.53. The molecule has 4 aliphatic carbocycles. The second-order valence-corrected chi connectivity index (χ2v) is 5.57. The van der Waals surface area contributed by atoms with Gasteiger partial charge in [0.2, 0.25) is 0 Å². The number of hydrazine groups is 1.